The van der Waals surface area contributed by atoms with Crippen LogP contribution in [0.1, 0.15) is 46.6 Å². The number of nitrogens with one attached hydrogen (secondary N) is 2. The predicted octanol–water partition coefficient (Wildman–Crippen LogP) is 4.61. The van der Waals surface area contributed by atoms with Crippen molar-refractivity contribution in [3.05, 3.63) is 71.0 Å². The Balaban J connectivity index is 1.67. The molecule has 9 nitrogen and oxygen atoms in total. The van der Waals surface area contributed by atoms with Crippen LogP contribution in [0.3, 0.4) is 0 Å². The average molecular weight is 467 g/mol. The summed E-state index contributed by atoms with van der Waals surface area (Å²) < 4.78 is 11.2. The second-order valence-corrected chi connectivity index (χ2v) is 8.70. The summed E-state index contributed by atoms with van der Waals surface area (Å²) in [6.45, 7) is 5.64. The van der Waals surface area contributed by atoms with Crippen LogP contribution >= 0.6 is 11.3 Å². The van der Waals surface area contributed by atoms with Crippen LogP contribution in [0.5, 0.6) is 0 Å². The van der Waals surface area contributed by atoms with Gasteiger partial charge in [0.05, 0.1) is 28.7 Å². The summed E-state index contributed by atoms with van der Waals surface area (Å²) in [5.74, 6) is -0.634. The number of amides is 2. The Labute approximate surface area is 193 Å². The number of anilines is 1. The molecule has 0 aliphatic rings. The molecule has 1 aromatic carbocycles. The quantitative estimate of drug-likeness (QED) is 0.429. The summed E-state index contributed by atoms with van der Waals surface area (Å²) in [6.07, 6.45) is 0.669. The second-order valence-electron chi connectivity index (χ2n) is 7.67. The minimum absolute atomic E-state index is 0.0895. The summed E-state index contributed by atoms with van der Waals surface area (Å²) in [6, 6.07) is 14.3. The minimum Gasteiger partial charge on any atom is -0.459 e. The maximum absolute atomic E-state index is 13.1. The molecule has 2 amide bonds. The Bertz CT molecular complexity index is 1310. The van der Waals surface area contributed by atoms with E-state index in [1.165, 1.54) is 12.3 Å². The van der Waals surface area contributed by atoms with E-state index in [-0.39, 0.29) is 24.1 Å². The van der Waals surface area contributed by atoms with E-state index in [1.807, 2.05) is 44.2 Å². The lowest BCUT2D eigenvalue weighted by Gasteiger charge is -2.26. The van der Waals surface area contributed by atoms with Gasteiger partial charge in [0, 0.05) is 0 Å². The Hall–Kier alpha value is -3.92. The fraction of sp³-hybridized carbons (Fsp3) is 0.217. The third kappa shape index (κ3) is 4.51. The van der Waals surface area contributed by atoms with E-state index in [0.29, 0.717) is 15.1 Å². The molecule has 0 aliphatic carbocycles. The number of carbonyl (C=O) groups is 3. The van der Waals surface area contributed by atoms with Crippen molar-refractivity contribution in [3.63, 3.8) is 0 Å². The maximum atomic E-state index is 13.1. The van der Waals surface area contributed by atoms with Gasteiger partial charge in [-0.15, -0.1) is 16.4 Å². The lowest BCUT2D eigenvalue weighted by Crippen LogP contribution is -2.40. The molecule has 33 heavy (non-hydrogen) atoms. The molecule has 3 heterocycles. The normalized spacial score (nSPS) is 11.4. The molecular formula is C23H22N4O5S. The Morgan fingerprint density at radius 2 is 1.88 bits per heavy atom. The van der Waals surface area contributed by atoms with Crippen LogP contribution < -0.4 is 10.6 Å². The number of hydrogen-bond acceptors (Lipinski definition) is 7. The van der Waals surface area contributed by atoms with Gasteiger partial charge in [-0.25, -0.2) is 4.79 Å². The zero-order chi connectivity index (χ0) is 23.6. The summed E-state index contributed by atoms with van der Waals surface area (Å²) in [5, 5.41) is 10.3. The highest BCUT2D eigenvalue weighted by molar-refractivity contribution is 7.20. The van der Waals surface area contributed by atoms with Crippen LogP contribution in [0.2, 0.25) is 0 Å². The van der Waals surface area contributed by atoms with Gasteiger partial charge in [-0.3, -0.25) is 9.59 Å². The van der Waals surface area contributed by atoms with Crippen LogP contribution in [0.25, 0.3) is 10.2 Å². The summed E-state index contributed by atoms with van der Waals surface area (Å²) in [4.78, 5) is 38.7. The molecule has 3 aromatic heterocycles. The van der Waals surface area contributed by atoms with Crippen LogP contribution in [0.15, 0.2) is 59.2 Å². The van der Waals surface area contributed by atoms with E-state index < -0.39 is 17.5 Å². The van der Waals surface area contributed by atoms with Gasteiger partial charge in [0.25, 0.3) is 11.8 Å². The van der Waals surface area contributed by atoms with Crippen LogP contribution in [-0.2, 0) is 10.3 Å². The number of furan rings is 1. The van der Waals surface area contributed by atoms with Gasteiger partial charge in [0.15, 0.2) is 11.6 Å². The molecule has 0 atom stereocenters. The van der Waals surface area contributed by atoms with Crippen molar-refractivity contribution >= 4 is 45.3 Å². The third-order valence-electron chi connectivity index (χ3n) is 4.92. The molecule has 0 aliphatic heterocycles. The maximum Gasteiger partial charge on any atom is 0.436 e. The van der Waals surface area contributed by atoms with E-state index >= 15 is 0 Å². The summed E-state index contributed by atoms with van der Waals surface area (Å²) in [7, 11) is 0. The summed E-state index contributed by atoms with van der Waals surface area (Å²) in [5.41, 5.74) is 0.321. The van der Waals surface area contributed by atoms with Gasteiger partial charge in [-0.2, -0.15) is 4.68 Å². The first-order valence-corrected chi connectivity index (χ1v) is 11.0. The van der Waals surface area contributed by atoms with Crippen molar-refractivity contribution in [1.29, 1.82) is 0 Å². The highest BCUT2D eigenvalue weighted by atomic mass is 32.1. The smallest absolute Gasteiger partial charge is 0.436 e. The van der Waals surface area contributed by atoms with E-state index in [0.717, 1.165) is 21.6 Å². The molecule has 0 radical (unpaired) electrons. The molecule has 0 unspecified atom stereocenters. The fourth-order valence-electron chi connectivity index (χ4n) is 3.27. The SMILES string of the molecule is CCOC(=O)n1nc(NC(=O)c2ccco2)c2cc(C(=O)NC(C)(C)c3ccccc3)sc21. The fourth-order valence-corrected chi connectivity index (χ4v) is 4.27. The van der Waals surface area contributed by atoms with Gasteiger partial charge in [0.1, 0.15) is 4.83 Å². The standard InChI is InChI=1S/C23H22N4O5S/c1-4-31-22(30)27-21-15(18(26-27)24-19(28)16-11-8-12-32-16)13-17(33-21)20(29)25-23(2,3)14-9-6-5-7-10-14/h5-13H,4H2,1-3H3,(H,25,29)(H,24,26,28). The van der Waals surface area contributed by atoms with Crippen molar-refractivity contribution in [2.45, 2.75) is 26.3 Å². The number of thiophene rings is 1. The molecule has 170 valence electrons. The van der Waals surface area contributed by atoms with Gasteiger partial charge in [-0.1, -0.05) is 30.3 Å². The Kier molecular flexibility index (Phi) is 6.01. The summed E-state index contributed by atoms with van der Waals surface area (Å²) >= 11 is 1.08. The van der Waals surface area contributed by atoms with Crippen molar-refractivity contribution < 1.29 is 23.5 Å². The van der Waals surface area contributed by atoms with E-state index in [2.05, 4.69) is 15.7 Å². The zero-order valence-electron chi connectivity index (χ0n) is 18.2. The first-order chi connectivity index (χ1) is 15.8. The lowest BCUT2D eigenvalue weighted by atomic mass is 9.94. The molecule has 2 N–H and O–H groups in total. The van der Waals surface area contributed by atoms with Crippen LogP contribution in [0, 0.1) is 0 Å². The molecule has 4 rings (SSSR count). The molecule has 0 saturated heterocycles. The number of hydrogen-bond donors (Lipinski definition) is 2. The predicted molar refractivity (Wildman–Crippen MR) is 124 cm³/mol. The molecule has 0 spiro atoms. The monoisotopic (exact) mass is 466 g/mol. The van der Waals surface area contributed by atoms with E-state index in [1.54, 1.807) is 19.1 Å². The zero-order valence-corrected chi connectivity index (χ0v) is 19.1. The molecular weight excluding hydrogens is 444 g/mol. The molecule has 4 aromatic rings. The average Bonchev–Trinajstić information content (AvgIpc) is 3.52. The van der Waals surface area contributed by atoms with Crippen molar-refractivity contribution in [2.24, 2.45) is 0 Å². The van der Waals surface area contributed by atoms with Crippen molar-refractivity contribution in [3.8, 4) is 0 Å². The van der Waals surface area contributed by atoms with Gasteiger partial charge < -0.3 is 19.8 Å². The van der Waals surface area contributed by atoms with Crippen LogP contribution in [0.4, 0.5) is 10.6 Å². The first kappa shape index (κ1) is 22.3. The van der Waals surface area contributed by atoms with Crippen molar-refractivity contribution in [1.82, 2.24) is 15.1 Å². The number of aromatic nitrogens is 2. The lowest BCUT2D eigenvalue weighted by molar-refractivity contribution is 0.0915. The number of fused-ring (bicyclic) bond motifs is 1. The Morgan fingerprint density at radius 3 is 2.55 bits per heavy atom. The van der Waals surface area contributed by atoms with E-state index in [4.69, 9.17) is 9.15 Å². The molecule has 0 bridgehead atoms. The first-order valence-electron chi connectivity index (χ1n) is 10.2. The van der Waals surface area contributed by atoms with Crippen LogP contribution in [-0.4, -0.2) is 34.3 Å². The topological polar surface area (TPSA) is 115 Å². The number of ether oxygens (including phenoxy) is 1. The van der Waals surface area contributed by atoms with E-state index in [9.17, 15) is 14.4 Å². The number of carbonyl (C=O) groups excluding carboxylic acids is 3. The molecule has 0 saturated carbocycles. The van der Waals surface area contributed by atoms with Gasteiger partial charge >= 0.3 is 6.09 Å². The molecule has 10 heteroatoms. The second kappa shape index (κ2) is 8.91. The highest BCUT2D eigenvalue weighted by Crippen LogP contribution is 2.33. The number of nitrogens with zero attached hydrogens (tertiary/aromatic N) is 2. The molecule has 0 fully saturated rings. The van der Waals surface area contributed by atoms with Crippen molar-refractivity contribution in [2.75, 3.05) is 11.9 Å². The van der Waals surface area contributed by atoms with Gasteiger partial charge in [-0.05, 0) is 44.5 Å². The van der Waals surface area contributed by atoms with Gasteiger partial charge in [0.2, 0.25) is 0 Å². The number of benzene rings is 1. The Morgan fingerprint density at radius 1 is 1.12 bits per heavy atom. The largest absolute Gasteiger partial charge is 0.459 e. The third-order valence-corrected chi connectivity index (χ3v) is 6.03. The highest BCUT2D eigenvalue weighted by Gasteiger charge is 2.27. The minimum atomic E-state index is -0.709. The number of rotatable bonds is 6.